The van der Waals surface area contributed by atoms with Crippen molar-refractivity contribution in [3.8, 4) is 0 Å². The van der Waals surface area contributed by atoms with E-state index in [4.69, 9.17) is 23.7 Å². The van der Waals surface area contributed by atoms with E-state index in [2.05, 4.69) is 41.2 Å². The van der Waals surface area contributed by atoms with Crippen LogP contribution in [0, 0.1) is 0 Å². The Labute approximate surface area is 336 Å². The Hall–Kier alpha value is -0.690. The summed E-state index contributed by atoms with van der Waals surface area (Å²) < 4.78 is 47.8. The Morgan fingerprint density at radius 1 is 0.426 bits per heavy atom. The first-order valence-corrected chi connectivity index (χ1v) is 24.5. The molecule has 0 spiro atoms. The van der Waals surface area contributed by atoms with Crippen molar-refractivity contribution in [2.45, 2.75) is 245 Å². The first-order valence-electron chi connectivity index (χ1n) is 23.2. The average molecular weight is 786 g/mol. The predicted octanol–water partition coefficient (Wildman–Crippen LogP) is 15.1. The summed E-state index contributed by atoms with van der Waals surface area (Å²) in [7, 11) is -2.69. The van der Waals surface area contributed by atoms with Crippen LogP contribution in [0.2, 0.25) is 0 Å². The van der Waals surface area contributed by atoms with Crippen molar-refractivity contribution >= 4 is 13.3 Å². The highest BCUT2D eigenvalue weighted by Crippen LogP contribution is 2.49. The lowest BCUT2D eigenvalue weighted by Crippen LogP contribution is -2.49. The molecular formula is C46H90O7P+. The van der Waals surface area contributed by atoms with Gasteiger partial charge in [0.25, 0.3) is 5.97 Å². The SMILES string of the molecule is C=CC(=O)[P+](=O)C(CC(OCCCCCCCC)(OCCCCCCCC)OCCCCCCCC)(OCCCCCCCC)OCCCCCCCC. The first kappa shape index (κ1) is 53.3. The molecule has 0 saturated heterocycles. The fourth-order valence-corrected chi connectivity index (χ4v) is 7.95. The number of hydrogen-bond donors (Lipinski definition) is 0. The zero-order chi connectivity index (χ0) is 39.9. The van der Waals surface area contributed by atoms with Crippen molar-refractivity contribution in [2.24, 2.45) is 0 Å². The molecule has 0 heterocycles. The molecule has 0 fully saturated rings. The van der Waals surface area contributed by atoms with Gasteiger partial charge in [-0.1, -0.05) is 206 Å². The molecule has 320 valence electrons. The van der Waals surface area contributed by atoms with Gasteiger partial charge in [0.2, 0.25) is 0 Å². The van der Waals surface area contributed by atoms with Crippen molar-refractivity contribution in [1.82, 2.24) is 0 Å². The van der Waals surface area contributed by atoms with Crippen LogP contribution >= 0.6 is 7.80 Å². The van der Waals surface area contributed by atoms with E-state index in [0.29, 0.717) is 33.0 Å². The fourth-order valence-electron chi connectivity index (χ4n) is 6.69. The van der Waals surface area contributed by atoms with Crippen molar-refractivity contribution in [1.29, 1.82) is 0 Å². The molecular weight excluding hydrogens is 695 g/mol. The lowest BCUT2D eigenvalue weighted by atomic mass is 10.1. The second-order valence-corrected chi connectivity index (χ2v) is 17.2. The van der Waals surface area contributed by atoms with Gasteiger partial charge < -0.3 is 23.7 Å². The predicted molar refractivity (Wildman–Crippen MR) is 230 cm³/mol. The molecule has 0 aromatic rings. The van der Waals surface area contributed by atoms with Crippen LogP contribution in [0.3, 0.4) is 0 Å². The number of unbranched alkanes of at least 4 members (excludes halogenated alkanes) is 25. The van der Waals surface area contributed by atoms with E-state index in [0.717, 1.165) is 102 Å². The fraction of sp³-hybridized carbons (Fsp3) is 0.935. The van der Waals surface area contributed by atoms with Crippen molar-refractivity contribution < 1.29 is 33.0 Å². The minimum atomic E-state index is -2.69. The highest BCUT2D eigenvalue weighted by molar-refractivity contribution is 7.65. The summed E-state index contributed by atoms with van der Waals surface area (Å²) in [4.78, 5) is 13.3. The van der Waals surface area contributed by atoms with E-state index in [9.17, 15) is 9.36 Å². The molecule has 8 heteroatoms. The second-order valence-electron chi connectivity index (χ2n) is 15.5. The van der Waals surface area contributed by atoms with E-state index in [1.807, 2.05) is 0 Å². The Kier molecular flexibility index (Phi) is 38.6. The van der Waals surface area contributed by atoms with Gasteiger partial charge in [0.1, 0.15) is 6.42 Å². The smallest absolute Gasteiger partial charge is 0.327 e. The molecule has 54 heavy (non-hydrogen) atoms. The lowest BCUT2D eigenvalue weighted by Gasteiger charge is -2.37. The molecule has 0 aliphatic carbocycles. The molecule has 0 aromatic heterocycles. The average Bonchev–Trinajstić information content (AvgIpc) is 3.18. The first-order chi connectivity index (χ1) is 26.4. The maximum Gasteiger partial charge on any atom is 0.485 e. The van der Waals surface area contributed by atoms with E-state index < -0.39 is 24.8 Å². The summed E-state index contributed by atoms with van der Waals surface area (Å²) in [5.41, 5.74) is -2.33. The van der Waals surface area contributed by atoms with Crippen LogP contribution in [0.1, 0.15) is 234 Å². The number of hydrogen-bond acceptors (Lipinski definition) is 7. The monoisotopic (exact) mass is 786 g/mol. The number of ether oxygens (including phenoxy) is 5. The van der Waals surface area contributed by atoms with Crippen LogP contribution in [0.25, 0.3) is 0 Å². The van der Waals surface area contributed by atoms with Gasteiger partial charge in [0, 0.05) is 6.08 Å². The highest BCUT2D eigenvalue weighted by Gasteiger charge is 2.62. The number of rotatable bonds is 45. The Morgan fingerprint density at radius 2 is 0.667 bits per heavy atom. The van der Waals surface area contributed by atoms with Crippen LogP contribution in [0.15, 0.2) is 12.7 Å². The lowest BCUT2D eigenvalue weighted by molar-refractivity contribution is -0.404. The van der Waals surface area contributed by atoms with Gasteiger partial charge in [-0.3, -0.25) is 0 Å². The molecule has 7 nitrogen and oxygen atoms in total. The minimum Gasteiger partial charge on any atom is -0.327 e. The molecule has 1 atom stereocenters. The zero-order valence-corrected chi connectivity index (χ0v) is 37.4. The molecule has 0 radical (unpaired) electrons. The van der Waals surface area contributed by atoms with Gasteiger partial charge >= 0.3 is 18.9 Å². The number of allylic oxidation sites excluding steroid dienone is 1. The third-order valence-electron chi connectivity index (χ3n) is 10.2. The van der Waals surface area contributed by atoms with Crippen molar-refractivity contribution in [2.75, 3.05) is 33.0 Å². The molecule has 0 bridgehead atoms. The van der Waals surface area contributed by atoms with Crippen LogP contribution < -0.4 is 0 Å². The standard InChI is InChI=1S/C46H90O7P/c1-7-13-18-23-28-33-38-49-45(50-39-34-29-24-19-14-8-2,51-40-35-30-25-20-15-9-3)43-46(54(48)44(47)12-6,52-41-36-31-26-21-16-10-4)53-42-37-32-27-22-17-11-5/h12H,6-11,13-43H2,1-5H3/q+1. The topological polar surface area (TPSA) is 80.3 Å². The molecule has 0 aliphatic heterocycles. The normalized spacial score (nSPS) is 12.4. The van der Waals surface area contributed by atoms with Crippen LogP contribution in [0.4, 0.5) is 0 Å². The van der Waals surface area contributed by atoms with Gasteiger partial charge in [-0.2, -0.15) is 0 Å². The Balaban J connectivity index is 6.53. The van der Waals surface area contributed by atoms with E-state index in [-0.39, 0.29) is 6.42 Å². The minimum absolute atomic E-state index is 0.0953. The summed E-state index contributed by atoms with van der Waals surface area (Å²) in [5.74, 6) is -1.55. The second kappa shape index (κ2) is 39.2. The van der Waals surface area contributed by atoms with Crippen LogP contribution in [-0.4, -0.2) is 50.1 Å². The third kappa shape index (κ3) is 28.7. The molecule has 0 saturated carbocycles. The summed E-state index contributed by atoms with van der Waals surface area (Å²) in [6.45, 7) is 16.8. The van der Waals surface area contributed by atoms with Crippen molar-refractivity contribution in [3.05, 3.63) is 12.7 Å². The molecule has 0 aromatic carbocycles. The summed E-state index contributed by atoms with van der Waals surface area (Å²) in [6, 6.07) is 0. The molecule has 1 unspecified atom stereocenters. The van der Waals surface area contributed by atoms with Gasteiger partial charge in [-0.25, -0.2) is 4.79 Å². The maximum absolute atomic E-state index is 14.4. The van der Waals surface area contributed by atoms with Crippen LogP contribution in [0.5, 0.6) is 0 Å². The number of carbonyl (C=O) groups is 1. The van der Waals surface area contributed by atoms with Gasteiger partial charge in [0.15, 0.2) is 0 Å². The molecule has 0 rings (SSSR count). The largest absolute Gasteiger partial charge is 0.485 e. The zero-order valence-electron chi connectivity index (χ0n) is 36.5. The molecule has 0 aliphatic rings. The van der Waals surface area contributed by atoms with E-state index in [1.165, 1.54) is 96.3 Å². The summed E-state index contributed by atoms with van der Waals surface area (Å²) in [6.07, 6.45) is 34.3. The van der Waals surface area contributed by atoms with E-state index >= 15 is 0 Å². The number of carbonyl (C=O) groups excluding carboxylic acids is 1. The van der Waals surface area contributed by atoms with Gasteiger partial charge in [-0.15, -0.1) is 0 Å². The van der Waals surface area contributed by atoms with E-state index in [1.54, 1.807) is 0 Å². The van der Waals surface area contributed by atoms with Gasteiger partial charge in [-0.05, 0) is 32.1 Å². The summed E-state index contributed by atoms with van der Waals surface area (Å²) >= 11 is 0. The molecule has 0 N–H and O–H groups in total. The van der Waals surface area contributed by atoms with Gasteiger partial charge in [0.05, 0.1) is 33.0 Å². The van der Waals surface area contributed by atoms with Crippen molar-refractivity contribution in [3.63, 3.8) is 0 Å². The third-order valence-corrected chi connectivity index (χ3v) is 11.9. The Bertz CT molecular complexity index is 787. The summed E-state index contributed by atoms with van der Waals surface area (Å²) in [5, 5.41) is 0. The highest BCUT2D eigenvalue weighted by atomic mass is 31.1. The molecule has 0 amide bonds. The quantitative estimate of drug-likeness (QED) is 0.0263. The maximum atomic E-state index is 14.4. The Morgan fingerprint density at radius 3 is 0.926 bits per heavy atom. The van der Waals surface area contributed by atoms with Crippen LogP contribution in [-0.2, 0) is 33.0 Å².